The summed E-state index contributed by atoms with van der Waals surface area (Å²) in [6, 6.07) is 6.26. The number of rotatable bonds is 9. The van der Waals surface area contributed by atoms with E-state index in [1.54, 1.807) is 26.2 Å². The molecule has 10 heteroatoms. The Balaban J connectivity index is 1.75. The van der Waals surface area contributed by atoms with E-state index in [-0.39, 0.29) is 36.6 Å². The molecular formula is C24H33N5O5. The summed E-state index contributed by atoms with van der Waals surface area (Å²) in [6.45, 7) is 6.21. The van der Waals surface area contributed by atoms with Crippen molar-refractivity contribution < 1.29 is 23.9 Å². The van der Waals surface area contributed by atoms with Crippen molar-refractivity contribution in [3.63, 3.8) is 0 Å². The van der Waals surface area contributed by atoms with E-state index in [4.69, 9.17) is 4.74 Å². The van der Waals surface area contributed by atoms with Gasteiger partial charge < -0.3 is 20.4 Å². The van der Waals surface area contributed by atoms with Gasteiger partial charge in [-0.25, -0.2) is 0 Å². The van der Waals surface area contributed by atoms with Gasteiger partial charge in [-0.15, -0.1) is 0 Å². The van der Waals surface area contributed by atoms with Gasteiger partial charge in [0, 0.05) is 23.9 Å². The lowest BCUT2D eigenvalue weighted by Gasteiger charge is -2.28. The molecule has 1 aliphatic rings. The smallest absolute Gasteiger partial charge is 0.268 e. The Morgan fingerprint density at radius 1 is 1.26 bits per heavy atom. The van der Waals surface area contributed by atoms with Crippen LogP contribution in [0.2, 0.25) is 0 Å². The molecule has 4 amide bonds. The summed E-state index contributed by atoms with van der Waals surface area (Å²) in [5, 5.41) is 7.48. The maximum atomic E-state index is 13.2. The molecular weight excluding hydrogens is 438 g/mol. The monoisotopic (exact) mass is 471 g/mol. The lowest BCUT2D eigenvalue weighted by Crippen LogP contribution is -2.55. The molecule has 1 aliphatic heterocycles. The highest BCUT2D eigenvalue weighted by Crippen LogP contribution is 2.26. The summed E-state index contributed by atoms with van der Waals surface area (Å²) >= 11 is 0. The molecule has 0 bridgehead atoms. The number of hydrogen-bond acceptors (Lipinski definition) is 5. The zero-order chi connectivity index (χ0) is 24.8. The molecule has 1 fully saturated rings. The van der Waals surface area contributed by atoms with Crippen molar-refractivity contribution >= 4 is 34.5 Å². The van der Waals surface area contributed by atoms with E-state index in [1.807, 2.05) is 26.0 Å². The van der Waals surface area contributed by atoms with Gasteiger partial charge >= 0.3 is 0 Å². The maximum Gasteiger partial charge on any atom is 0.268 e. The number of nitrogens with one attached hydrogen (secondary N) is 4. The standard InChI is InChI=1S/C24H33N5O5/c1-5-21(30)29(13-15-9-10-25-22(15)31)28-24(33)18(11-14(2)3)27-23(32)19-12-16-17(26-19)7-6-8-20(16)34-4/h6-8,12,14-15,18,26H,5,9-11,13H2,1-4H3,(H,25,31)(H,27,32)(H,28,33)/t15-,18-/m0/s1. The van der Waals surface area contributed by atoms with E-state index in [9.17, 15) is 19.2 Å². The van der Waals surface area contributed by atoms with Gasteiger partial charge in [-0.05, 0) is 37.0 Å². The number of aromatic nitrogens is 1. The van der Waals surface area contributed by atoms with Crippen LogP contribution in [0.3, 0.4) is 0 Å². The predicted molar refractivity (Wildman–Crippen MR) is 127 cm³/mol. The van der Waals surface area contributed by atoms with Gasteiger partial charge in [0.15, 0.2) is 0 Å². The van der Waals surface area contributed by atoms with E-state index in [0.717, 1.165) is 10.9 Å². The molecule has 34 heavy (non-hydrogen) atoms. The van der Waals surface area contributed by atoms with Crippen LogP contribution in [0.1, 0.15) is 50.5 Å². The minimum Gasteiger partial charge on any atom is -0.496 e. The largest absolute Gasteiger partial charge is 0.496 e. The number of ether oxygens (including phenoxy) is 1. The number of hydrogen-bond donors (Lipinski definition) is 4. The highest BCUT2D eigenvalue weighted by atomic mass is 16.5. The summed E-state index contributed by atoms with van der Waals surface area (Å²) in [6.07, 6.45) is 1.14. The first-order chi connectivity index (χ1) is 16.2. The highest BCUT2D eigenvalue weighted by molar-refractivity contribution is 6.01. The Morgan fingerprint density at radius 3 is 2.65 bits per heavy atom. The van der Waals surface area contributed by atoms with Gasteiger partial charge in [-0.2, -0.15) is 0 Å². The Kier molecular flexibility index (Phi) is 8.14. The average Bonchev–Trinajstić information content (AvgIpc) is 3.43. The van der Waals surface area contributed by atoms with Crippen LogP contribution in [0, 0.1) is 11.8 Å². The summed E-state index contributed by atoms with van der Waals surface area (Å²) in [5.41, 5.74) is 3.68. The van der Waals surface area contributed by atoms with Crippen molar-refractivity contribution in [2.45, 2.75) is 46.1 Å². The lowest BCUT2D eigenvalue weighted by atomic mass is 10.0. The van der Waals surface area contributed by atoms with Gasteiger partial charge in [-0.3, -0.25) is 29.6 Å². The molecule has 4 N–H and O–H groups in total. The average molecular weight is 472 g/mol. The fourth-order valence-corrected chi connectivity index (χ4v) is 4.02. The first-order valence-corrected chi connectivity index (χ1v) is 11.6. The van der Waals surface area contributed by atoms with Crippen molar-refractivity contribution in [3.8, 4) is 5.75 Å². The SMILES string of the molecule is CCC(=O)N(C[C@@H]1CCNC1=O)NC(=O)[C@H](CC(C)C)NC(=O)c1cc2c(OC)cccc2[nH]1. The third-order valence-electron chi connectivity index (χ3n) is 5.83. The molecule has 1 saturated heterocycles. The minimum absolute atomic E-state index is 0.0917. The predicted octanol–water partition coefficient (Wildman–Crippen LogP) is 1.73. The number of hydrazine groups is 1. The van der Waals surface area contributed by atoms with Crippen LogP contribution < -0.4 is 20.8 Å². The van der Waals surface area contributed by atoms with Crippen LogP contribution in [0.15, 0.2) is 24.3 Å². The number of carbonyl (C=O) groups excluding carboxylic acids is 4. The number of H-pyrrole nitrogens is 1. The Labute approximate surface area is 198 Å². The molecule has 1 aromatic carbocycles. The molecule has 10 nitrogen and oxygen atoms in total. The van der Waals surface area contributed by atoms with Gasteiger partial charge in [0.25, 0.3) is 11.8 Å². The molecule has 2 aromatic rings. The lowest BCUT2D eigenvalue weighted by molar-refractivity contribution is -0.143. The van der Waals surface area contributed by atoms with Crippen molar-refractivity contribution in [2.75, 3.05) is 20.2 Å². The van der Waals surface area contributed by atoms with Gasteiger partial charge in [-0.1, -0.05) is 26.8 Å². The number of aromatic amines is 1. The zero-order valence-electron chi connectivity index (χ0n) is 20.1. The van der Waals surface area contributed by atoms with Crippen LogP contribution in [-0.2, 0) is 14.4 Å². The second-order valence-corrected chi connectivity index (χ2v) is 8.87. The molecule has 2 atom stereocenters. The summed E-state index contributed by atoms with van der Waals surface area (Å²) in [7, 11) is 1.56. The number of benzene rings is 1. The van der Waals surface area contributed by atoms with Crippen LogP contribution in [-0.4, -0.2) is 59.9 Å². The molecule has 0 spiro atoms. The fraction of sp³-hybridized carbons (Fsp3) is 0.500. The fourth-order valence-electron chi connectivity index (χ4n) is 4.02. The molecule has 184 valence electrons. The third kappa shape index (κ3) is 5.86. The number of amides is 4. The van der Waals surface area contributed by atoms with Crippen molar-refractivity contribution in [3.05, 3.63) is 30.0 Å². The van der Waals surface area contributed by atoms with E-state index < -0.39 is 17.9 Å². The molecule has 0 saturated carbocycles. The van der Waals surface area contributed by atoms with E-state index in [1.165, 1.54) is 5.01 Å². The van der Waals surface area contributed by atoms with Crippen LogP contribution in [0.5, 0.6) is 5.75 Å². The maximum absolute atomic E-state index is 13.2. The van der Waals surface area contributed by atoms with E-state index in [2.05, 4.69) is 21.0 Å². The van der Waals surface area contributed by atoms with Crippen molar-refractivity contribution in [1.82, 2.24) is 26.1 Å². The Hall–Kier alpha value is -3.56. The van der Waals surface area contributed by atoms with E-state index >= 15 is 0 Å². The van der Waals surface area contributed by atoms with Gasteiger partial charge in [0.1, 0.15) is 17.5 Å². The molecule has 0 radical (unpaired) electrons. The molecule has 0 unspecified atom stereocenters. The quantitative estimate of drug-likeness (QED) is 0.414. The van der Waals surface area contributed by atoms with Gasteiger partial charge in [0.05, 0.1) is 19.6 Å². The Morgan fingerprint density at radius 2 is 2.03 bits per heavy atom. The Bertz CT molecular complexity index is 1060. The molecule has 0 aliphatic carbocycles. The second kappa shape index (κ2) is 11.0. The zero-order valence-corrected chi connectivity index (χ0v) is 20.1. The third-order valence-corrected chi connectivity index (χ3v) is 5.83. The molecule has 1 aromatic heterocycles. The molecule has 3 rings (SSSR count). The minimum atomic E-state index is -0.870. The first kappa shape index (κ1) is 25.1. The van der Waals surface area contributed by atoms with Gasteiger partial charge in [0.2, 0.25) is 11.8 Å². The number of nitrogens with zero attached hydrogens (tertiary/aromatic N) is 1. The van der Waals surface area contributed by atoms with Crippen molar-refractivity contribution in [2.24, 2.45) is 11.8 Å². The van der Waals surface area contributed by atoms with Crippen LogP contribution >= 0.6 is 0 Å². The number of fused-ring (bicyclic) bond motifs is 1. The normalized spacial score (nSPS) is 16.3. The highest BCUT2D eigenvalue weighted by Gasteiger charge is 2.31. The van der Waals surface area contributed by atoms with Crippen LogP contribution in [0.25, 0.3) is 10.9 Å². The van der Waals surface area contributed by atoms with Crippen molar-refractivity contribution in [1.29, 1.82) is 0 Å². The summed E-state index contributed by atoms with van der Waals surface area (Å²) < 4.78 is 5.35. The second-order valence-electron chi connectivity index (χ2n) is 8.87. The number of carbonyl (C=O) groups is 4. The molecule has 2 heterocycles. The van der Waals surface area contributed by atoms with E-state index in [0.29, 0.717) is 30.8 Å². The summed E-state index contributed by atoms with van der Waals surface area (Å²) in [4.78, 5) is 53.7. The summed E-state index contributed by atoms with van der Waals surface area (Å²) in [5.74, 6) is -1.02. The first-order valence-electron chi connectivity index (χ1n) is 11.6. The van der Waals surface area contributed by atoms with Crippen LogP contribution in [0.4, 0.5) is 0 Å². The topological polar surface area (TPSA) is 133 Å². The number of methoxy groups -OCH3 is 1.